The molecule has 1 aromatic carbocycles. The van der Waals surface area contributed by atoms with Crippen LogP contribution in [0.15, 0.2) is 24.3 Å². The van der Waals surface area contributed by atoms with Gasteiger partial charge in [-0.2, -0.15) is 0 Å². The first-order chi connectivity index (χ1) is 11.8. The fraction of sp³-hybridized carbons (Fsp3) is 0.700. The molecule has 0 amide bonds. The van der Waals surface area contributed by atoms with Gasteiger partial charge in [-0.3, -0.25) is 0 Å². The smallest absolute Gasteiger partial charge is 0.120 e. The van der Waals surface area contributed by atoms with Crippen LogP contribution in [-0.2, 0) is 9.47 Å². The van der Waals surface area contributed by atoms with Gasteiger partial charge in [0.1, 0.15) is 13.5 Å². The van der Waals surface area contributed by atoms with Gasteiger partial charge < -0.3 is 14.4 Å². The average Bonchev–Trinajstić information content (AvgIpc) is 2.60. The normalized spacial score (nSPS) is 11.0. The third-order valence-electron chi connectivity index (χ3n) is 3.97. The van der Waals surface area contributed by atoms with Crippen molar-refractivity contribution in [2.45, 2.75) is 65.2 Å². The monoisotopic (exact) mass is 355 g/mol. The van der Waals surface area contributed by atoms with Crippen molar-refractivity contribution < 1.29 is 9.47 Å². The highest BCUT2D eigenvalue weighted by Gasteiger charge is 2.07. The molecule has 0 N–H and O–H groups in total. The molecule has 0 unspecified atom stereocenters. The Labute approximate surface area is 153 Å². The van der Waals surface area contributed by atoms with E-state index in [0.29, 0.717) is 13.5 Å². The summed E-state index contributed by atoms with van der Waals surface area (Å²) in [7, 11) is 0. The highest BCUT2D eigenvalue weighted by atomic mass is 35.5. The van der Waals surface area contributed by atoms with Crippen molar-refractivity contribution in [1.29, 1.82) is 0 Å². The summed E-state index contributed by atoms with van der Waals surface area (Å²) >= 11 is 5.99. The summed E-state index contributed by atoms with van der Waals surface area (Å²) in [5.41, 5.74) is 1.08. The Bertz CT molecular complexity index is 381. The molecule has 1 rings (SSSR count). The summed E-state index contributed by atoms with van der Waals surface area (Å²) < 4.78 is 11.7. The van der Waals surface area contributed by atoms with Gasteiger partial charge >= 0.3 is 0 Å². The molecule has 0 atom stereocenters. The highest BCUT2D eigenvalue weighted by molar-refractivity contribution is 6.30. The van der Waals surface area contributed by atoms with Crippen molar-refractivity contribution >= 4 is 17.3 Å². The molecular formula is C20H34ClNO2. The summed E-state index contributed by atoms with van der Waals surface area (Å²) in [6.45, 7) is 7.18. The molecule has 4 heteroatoms. The number of halogens is 1. The molecule has 0 spiro atoms. The number of anilines is 1. The van der Waals surface area contributed by atoms with Crippen LogP contribution in [0.3, 0.4) is 0 Å². The number of ether oxygens (including phenoxy) is 2. The van der Waals surface area contributed by atoms with Gasteiger partial charge in [-0.25, -0.2) is 0 Å². The van der Waals surface area contributed by atoms with E-state index < -0.39 is 0 Å². The van der Waals surface area contributed by atoms with Crippen LogP contribution in [0.5, 0.6) is 0 Å². The lowest BCUT2D eigenvalue weighted by molar-refractivity contribution is 0.0815. The van der Waals surface area contributed by atoms with Crippen LogP contribution in [0.4, 0.5) is 5.69 Å². The predicted molar refractivity (Wildman–Crippen MR) is 104 cm³/mol. The van der Waals surface area contributed by atoms with E-state index in [1.54, 1.807) is 0 Å². The summed E-state index contributed by atoms with van der Waals surface area (Å²) in [6, 6.07) is 7.85. The zero-order valence-electron chi connectivity index (χ0n) is 15.4. The van der Waals surface area contributed by atoms with E-state index in [0.717, 1.165) is 36.8 Å². The molecule has 0 fully saturated rings. The van der Waals surface area contributed by atoms with Crippen molar-refractivity contribution in [3.8, 4) is 0 Å². The first kappa shape index (κ1) is 21.3. The molecule has 0 saturated carbocycles. The number of benzene rings is 1. The van der Waals surface area contributed by atoms with E-state index in [2.05, 4.69) is 18.7 Å². The Hall–Kier alpha value is -0.770. The topological polar surface area (TPSA) is 21.7 Å². The van der Waals surface area contributed by atoms with Crippen molar-refractivity contribution in [3.05, 3.63) is 29.3 Å². The zero-order chi connectivity index (χ0) is 17.5. The Kier molecular flexibility index (Phi) is 12.9. The number of nitrogens with zero attached hydrogens (tertiary/aromatic N) is 1. The number of hydrogen-bond donors (Lipinski definition) is 0. The molecule has 1 aromatic rings. The molecule has 0 aromatic heterocycles. The summed E-state index contributed by atoms with van der Waals surface area (Å²) in [5.74, 6) is 0. The van der Waals surface area contributed by atoms with Gasteiger partial charge in [0.2, 0.25) is 0 Å². The minimum absolute atomic E-state index is 0.558. The summed E-state index contributed by atoms with van der Waals surface area (Å²) in [6.07, 6.45) is 9.80. The lowest BCUT2D eigenvalue weighted by atomic mass is 10.2. The van der Waals surface area contributed by atoms with Crippen LogP contribution >= 0.6 is 11.6 Å². The number of hydrogen-bond acceptors (Lipinski definition) is 3. The van der Waals surface area contributed by atoms with Crippen molar-refractivity contribution in [2.75, 3.05) is 31.6 Å². The van der Waals surface area contributed by atoms with Crippen LogP contribution < -0.4 is 4.90 Å². The fourth-order valence-electron chi connectivity index (χ4n) is 2.45. The second-order valence-corrected chi connectivity index (χ2v) is 6.65. The first-order valence-electron chi connectivity index (χ1n) is 9.44. The van der Waals surface area contributed by atoms with Crippen molar-refractivity contribution in [3.63, 3.8) is 0 Å². The van der Waals surface area contributed by atoms with Crippen LogP contribution in [0, 0.1) is 0 Å². The molecule has 0 heterocycles. The van der Waals surface area contributed by atoms with E-state index in [1.165, 1.54) is 38.5 Å². The second kappa shape index (κ2) is 14.6. The lowest BCUT2D eigenvalue weighted by Gasteiger charge is -2.24. The Morgan fingerprint density at radius 2 is 1.25 bits per heavy atom. The van der Waals surface area contributed by atoms with Crippen LogP contribution in [0.25, 0.3) is 0 Å². The second-order valence-electron chi connectivity index (χ2n) is 6.21. The minimum Gasteiger partial charge on any atom is -0.361 e. The Balaban J connectivity index is 2.34. The van der Waals surface area contributed by atoms with E-state index in [9.17, 15) is 0 Å². The molecule has 0 aliphatic heterocycles. The quantitative estimate of drug-likeness (QED) is 0.274. The molecule has 0 radical (unpaired) electrons. The first-order valence-corrected chi connectivity index (χ1v) is 9.81. The maximum atomic E-state index is 5.99. The SMILES string of the molecule is CCCCCCOCN(COCCCCCC)c1ccc(Cl)cc1. The van der Waals surface area contributed by atoms with Gasteiger partial charge in [-0.1, -0.05) is 64.0 Å². The summed E-state index contributed by atoms with van der Waals surface area (Å²) in [5, 5.41) is 0.750. The van der Waals surface area contributed by atoms with Crippen molar-refractivity contribution in [2.24, 2.45) is 0 Å². The molecule has 3 nitrogen and oxygen atoms in total. The van der Waals surface area contributed by atoms with Crippen LogP contribution in [0.2, 0.25) is 5.02 Å². The van der Waals surface area contributed by atoms with E-state index >= 15 is 0 Å². The van der Waals surface area contributed by atoms with Gasteiger partial charge in [-0.05, 0) is 37.1 Å². The predicted octanol–water partition coefficient (Wildman–Crippen LogP) is 6.26. The van der Waals surface area contributed by atoms with Gasteiger partial charge in [0.05, 0.1) is 0 Å². The molecule has 138 valence electrons. The Morgan fingerprint density at radius 1 is 0.750 bits per heavy atom. The highest BCUT2D eigenvalue weighted by Crippen LogP contribution is 2.18. The molecule has 0 saturated heterocycles. The van der Waals surface area contributed by atoms with Crippen molar-refractivity contribution in [1.82, 2.24) is 0 Å². The maximum Gasteiger partial charge on any atom is 0.120 e. The van der Waals surface area contributed by atoms with E-state index in [4.69, 9.17) is 21.1 Å². The molecule has 0 bridgehead atoms. The third-order valence-corrected chi connectivity index (χ3v) is 4.22. The number of unbranched alkanes of at least 4 members (excludes halogenated alkanes) is 6. The van der Waals surface area contributed by atoms with Gasteiger partial charge in [0.25, 0.3) is 0 Å². The zero-order valence-corrected chi connectivity index (χ0v) is 16.2. The van der Waals surface area contributed by atoms with Crippen LogP contribution in [0.1, 0.15) is 65.2 Å². The molecule has 24 heavy (non-hydrogen) atoms. The Morgan fingerprint density at radius 3 is 1.71 bits per heavy atom. The lowest BCUT2D eigenvalue weighted by Crippen LogP contribution is -2.29. The number of rotatable bonds is 15. The van der Waals surface area contributed by atoms with E-state index in [-0.39, 0.29) is 0 Å². The minimum atomic E-state index is 0.558. The third kappa shape index (κ3) is 10.2. The van der Waals surface area contributed by atoms with Gasteiger partial charge in [-0.15, -0.1) is 0 Å². The van der Waals surface area contributed by atoms with Crippen LogP contribution in [-0.4, -0.2) is 26.7 Å². The molecule has 0 aliphatic rings. The average molecular weight is 356 g/mol. The summed E-state index contributed by atoms with van der Waals surface area (Å²) in [4.78, 5) is 2.12. The molecular weight excluding hydrogens is 322 g/mol. The van der Waals surface area contributed by atoms with Gasteiger partial charge in [0, 0.05) is 23.9 Å². The van der Waals surface area contributed by atoms with Gasteiger partial charge in [0.15, 0.2) is 0 Å². The largest absolute Gasteiger partial charge is 0.361 e. The van der Waals surface area contributed by atoms with E-state index in [1.807, 2.05) is 24.3 Å². The molecule has 0 aliphatic carbocycles. The fourth-order valence-corrected chi connectivity index (χ4v) is 2.58. The standard InChI is InChI=1S/C20H34ClNO2/c1-3-5-7-9-15-23-17-22(18-24-16-10-8-6-4-2)20-13-11-19(21)12-14-20/h11-14H,3-10,15-18H2,1-2H3. The maximum absolute atomic E-state index is 5.99.